The fourth-order valence-corrected chi connectivity index (χ4v) is 2.25. The molecule has 5 heteroatoms. The molecule has 0 bridgehead atoms. The van der Waals surface area contributed by atoms with Crippen LogP contribution in [-0.2, 0) is 25.0 Å². The minimum absolute atomic E-state index is 0.0621. The molecule has 1 heterocycles. The third-order valence-electron chi connectivity index (χ3n) is 3.76. The molecular formula is C18H22N2O3. The maximum absolute atomic E-state index is 12.3. The zero-order chi connectivity index (χ0) is 16.8. The summed E-state index contributed by atoms with van der Waals surface area (Å²) in [6.45, 7) is 4.23. The summed E-state index contributed by atoms with van der Waals surface area (Å²) in [5.41, 5.74) is 2.31. The Balaban J connectivity index is 2.27. The number of aromatic nitrogens is 1. The average Bonchev–Trinajstić information content (AvgIpc) is 2.56. The zero-order valence-electron chi connectivity index (χ0n) is 13.8. The molecule has 0 radical (unpaired) electrons. The predicted octanol–water partition coefficient (Wildman–Crippen LogP) is 2.30. The van der Waals surface area contributed by atoms with Crippen LogP contribution >= 0.6 is 0 Å². The van der Waals surface area contributed by atoms with Crippen LogP contribution in [0.25, 0.3) is 0 Å². The van der Waals surface area contributed by atoms with Gasteiger partial charge in [0.25, 0.3) is 0 Å². The summed E-state index contributed by atoms with van der Waals surface area (Å²) in [6.07, 6.45) is 0.403. The number of aryl methyl sites for hydroxylation is 1. The Kier molecular flexibility index (Phi) is 5.57. The SMILES string of the molecule is CCC(=O)NCc1c(OCc2ccccc2)c(=O)cc(C)n1C. The van der Waals surface area contributed by atoms with Gasteiger partial charge in [0.05, 0.1) is 12.2 Å². The highest BCUT2D eigenvalue weighted by molar-refractivity contribution is 5.75. The van der Waals surface area contributed by atoms with Crippen LogP contribution in [0.2, 0.25) is 0 Å². The number of pyridine rings is 1. The van der Waals surface area contributed by atoms with Crippen molar-refractivity contribution in [3.8, 4) is 5.75 Å². The molecule has 122 valence electrons. The van der Waals surface area contributed by atoms with Crippen molar-refractivity contribution in [2.75, 3.05) is 0 Å². The molecule has 0 saturated carbocycles. The van der Waals surface area contributed by atoms with E-state index in [-0.39, 0.29) is 17.9 Å². The molecule has 0 saturated heterocycles. The lowest BCUT2D eigenvalue weighted by atomic mass is 10.2. The molecule has 1 N–H and O–H groups in total. The topological polar surface area (TPSA) is 60.3 Å². The molecule has 1 aromatic carbocycles. The van der Waals surface area contributed by atoms with Crippen molar-refractivity contribution in [2.24, 2.45) is 7.05 Å². The van der Waals surface area contributed by atoms with Gasteiger partial charge in [-0.25, -0.2) is 0 Å². The van der Waals surface area contributed by atoms with E-state index in [1.807, 2.05) is 48.9 Å². The second-order valence-electron chi connectivity index (χ2n) is 5.39. The molecule has 2 aromatic rings. The molecule has 1 aromatic heterocycles. The smallest absolute Gasteiger partial charge is 0.224 e. The summed E-state index contributed by atoms with van der Waals surface area (Å²) < 4.78 is 7.64. The van der Waals surface area contributed by atoms with Gasteiger partial charge >= 0.3 is 0 Å². The molecule has 0 aliphatic carbocycles. The number of nitrogens with one attached hydrogen (secondary N) is 1. The van der Waals surface area contributed by atoms with Crippen molar-refractivity contribution in [1.29, 1.82) is 0 Å². The van der Waals surface area contributed by atoms with E-state index >= 15 is 0 Å². The van der Waals surface area contributed by atoms with Crippen molar-refractivity contribution in [2.45, 2.75) is 33.4 Å². The van der Waals surface area contributed by atoms with Crippen LogP contribution < -0.4 is 15.5 Å². The van der Waals surface area contributed by atoms with Crippen molar-refractivity contribution < 1.29 is 9.53 Å². The Morgan fingerprint density at radius 2 is 1.96 bits per heavy atom. The number of ether oxygens (including phenoxy) is 1. The van der Waals surface area contributed by atoms with Gasteiger partial charge in [0.1, 0.15) is 6.61 Å². The summed E-state index contributed by atoms with van der Waals surface area (Å²) in [4.78, 5) is 23.8. The van der Waals surface area contributed by atoms with Gasteiger partial charge in [-0.05, 0) is 12.5 Å². The second kappa shape index (κ2) is 7.63. The van der Waals surface area contributed by atoms with Crippen molar-refractivity contribution >= 4 is 5.91 Å². The Morgan fingerprint density at radius 3 is 2.61 bits per heavy atom. The van der Waals surface area contributed by atoms with Crippen molar-refractivity contribution in [3.63, 3.8) is 0 Å². The quantitative estimate of drug-likeness (QED) is 0.890. The van der Waals surface area contributed by atoms with Gasteiger partial charge in [0, 0.05) is 25.2 Å². The van der Waals surface area contributed by atoms with E-state index < -0.39 is 0 Å². The summed E-state index contributed by atoms with van der Waals surface area (Å²) in [6, 6.07) is 11.2. The van der Waals surface area contributed by atoms with Crippen LogP contribution in [0.15, 0.2) is 41.2 Å². The zero-order valence-corrected chi connectivity index (χ0v) is 13.8. The first-order chi connectivity index (χ1) is 11.0. The second-order valence-corrected chi connectivity index (χ2v) is 5.39. The number of carbonyl (C=O) groups excluding carboxylic acids is 1. The van der Waals surface area contributed by atoms with Gasteiger partial charge in [0.15, 0.2) is 5.75 Å². The van der Waals surface area contributed by atoms with Crippen LogP contribution in [0.3, 0.4) is 0 Å². The number of hydrogen-bond acceptors (Lipinski definition) is 3. The first kappa shape index (κ1) is 16.8. The molecule has 0 fully saturated rings. The molecule has 0 atom stereocenters. The highest BCUT2D eigenvalue weighted by atomic mass is 16.5. The Morgan fingerprint density at radius 1 is 1.26 bits per heavy atom. The molecular weight excluding hydrogens is 292 g/mol. The van der Waals surface area contributed by atoms with Crippen LogP contribution in [0.5, 0.6) is 5.75 Å². The Hall–Kier alpha value is -2.56. The maximum atomic E-state index is 12.3. The largest absolute Gasteiger partial charge is 0.483 e. The average molecular weight is 314 g/mol. The number of nitrogens with zero attached hydrogens (tertiary/aromatic N) is 1. The molecule has 1 amide bonds. The molecule has 0 unspecified atom stereocenters. The minimum Gasteiger partial charge on any atom is -0.483 e. The number of rotatable bonds is 6. The highest BCUT2D eigenvalue weighted by Gasteiger charge is 2.14. The van der Waals surface area contributed by atoms with Gasteiger partial charge in [0.2, 0.25) is 11.3 Å². The van der Waals surface area contributed by atoms with Crippen molar-refractivity contribution in [3.05, 3.63) is 63.6 Å². The standard InChI is InChI=1S/C18H22N2O3/c1-4-17(22)19-11-15-18(16(21)10-13(2)20(15)3)23-12-14-8-6-5-7-9-14/h5-10H,4,11-12H2,1-3H3,(H,19,22). The summed E-state index contributed by atoms with van der Waals surface area (Å²) >= 11 is 0. The number of amides is 1. The number of hydrogen-bond donors (Lipinski definition) is 1. The Bertz CT molecular complexity index is 736. The van der Waals surface area contributed by atoms with Gasteiger partial charge in [-0.3, -0.25) is 9.59 Å². The van der Waals surface area contributed by atoms with E-state index in [2.05, 4.69) is 5.32 Å². The van der Waals surface area contributed by atoms with E-state index in [0.29, 0.717) is 24.5 Å². The summed E-state index contributed by atoms with van der Waals surface area (Å²) in [7, 11) is 1.86. The molecule has 5 nitrogen and oxygen atoms in total. The van der Waals surface area contributed by atoms with Gasteiger partial charge < -0.3 is 14.6 Å². The lowest BCUT2D eigenvalue weighted by Crippen LogP contribution is -2.26. The van der Waals surface area contributed by atoms with Gasteiger partial charge in [-0.15, -0.1) is 0 Å². The highest BCUT2D eigenvalue weighted by Crippen LogP contribution is 2.16. The fraction of sp³-hybridized carbons (Fsp3) is 0.333. The molecule has 0 aliphatic heterocycles. The molecule has 23 heavy (non-hydrogen) atoms. The Labute approximate surface area is 135 Å². The number of carbonyl (C=O) groups is 1. The predicted molar refractivity (Wildman–Crippen MR) is 89.3 cm³/mol. The van der Waals surface area contributed by atoms with Crippen molar-refractivity contribution in [1.82, 2.24) is 9.88 Å². The minimum atomic E-state index is -0.169. The van der Waals surface area contributed by atoms with Crippen LogP contribution in [0.4, 0.5) is 0 Å². The number of benzene rings is 1. The third kappa shape index (κ3) is 4.22. The summed E-state index contributed by atoms with van der Waals surface area (Å²) in [5.74, 6) is 0.228. The van der Waals surface area contributed by atoms with E-state index in [1.165, 1.54) is 0 Å². The lowest BCUT2D eigenvalue weighted by Gasteiger charge is -2.17. The van der Waals surface area contributed by atoms with Gasteiger partial charge in [-0.2, -0.15) is 0 Å². The summed E-state index contributed by atoms with van der Waals surface area (Å²) in [5, 5.41) is 2.80. The van der Waals surface area contributed by atoms with Crippen LogP contribution in [0.1, 0.15) is 30.3 Å². The normalized spacial score (nSPS) is 10.4. The molecule has 2 rings (SSSR count). The first-order valence-electron chi connectivity index (χ1n) is 7.65. The third-order valence-corrected chi connectivity index (χ3v) is 3.76. The van der Waals surface area contributed by atoms with E-state index in [1.54, 1.807) is 13.0 Å². The molecule has 0 aliphatic rings. The van der Waals surface area contributed by atoms with Gasteiger partial charge in [-0.1, -0.05) is 37.3 Å². The van der Waals surface area contributed by atoms with E-state index in [0.717, 1.165) is 11.3 Å². The monoisotopic (exact) mass is 314 g/mol. The fourth-order valence-electron chi connectivity index (χ4n) is 2.25. The first-order valence-corrected chi connectivity index (χ1v) is 7.65. The van der Waals surface area contributed by atoms with E-state index in [9.17, 15) is 9.59 Å². The van der Waals surface area contributed by atoms with Crippen LogP contribution in [0, 0.1) is 6.92 Å². The lowest BCUT2D eigenvalue weighted by molar-refractivity contribution is -0.120. The maximum Gasteiger partial charge on any atom is 0.224 e. The van der Waals surface area contributed by atoms with Crippen LogP contribution in [-0.4, -0.2) is 10.5 Å². The van der Waals surface area contributed by atoms with E-state index in [4.69, 9.17) is 4.74 Å². The molecule has 0 spiro atoms.